The van der Waals surface area contributed by atoms with E-state index < -0.39 is 12.1 Å². The van der Waals surface area contributed by atoms with Gasteiger partial charge in [-0.15, -0.1) is 12.3 Å². The summed E-state index contributed by atoms with van der Waals surface area (Å²) in [5, 5.41) is 9.32. The zero-order chi connectivity index (χ0) is 13.8. The van der Waals surface area contributed by atoms with Crippen molar-refractivity contribution in [1.82, 2.24) is 0 Å². The maximum Gasteiger partial charge on any atom is 0.284 e. The minimum atomic E-state index is -1.01. The molecule has 104 valence electrons. The first-order valence-electron chi connectivity index (χ1n) is 6.99. The predicted molar refractivity (Wildman–Crippen MR) is 69.8 cm³/mol. The third-order valence-electron chi connectivity index (χ3n) is 3.93. The third-order valence-corrected chi connectivity index (χ3v) is 3.93. The normalized spacial score (nSPS) is 36.7. The molecule has 0 aromatic heterocycles. The Kier molecular flexibility index (Phi) is 4.47. The highest BCUT2D eigenvalue weighted by Crippen LogP contribution is 2.47. The van der Waals surface area contributed by atoms with Crippen LogP contribution >= 0.6 is 0 Å². The number of unbranched alkanes of at least 4 members (excludes halogenated alkanes) is 2. The second-order valence-corrected chi connectivity index (χ2v) is 5.41. The number of nitrogens with zero attached hydrogens (tertiary/aromatic N) is 1. The molecule has 3 rings (SSSR count). The van der Waals surface area contributed by atoms with Crippen LogP contribution in [0.25, 0.3) is 0 Å². The summed E-state index contributed by atoms with van der Waals surface area (Å²) in [5.41, 5.74) is -0.288. The Morgan fingerprint density at radius 2 is 2.00 bits per heavy atom. The van der Waals surface area contributed by atoms with Crippen molar-refractivity contribution >= 4 is 0 Å². The lowest BCUT2D eigenvalue weighted by Gasteiger charge is -2.54. The van der Waals surface area contributed by atoms with Crippen LogP contribution in [0.15, 0.2) is 0 Å². The summed E-state index contributed by atoms with van der Waals surface area (Å²) < 4.78 is 17.4. The molecule has 3 aliphatic heterocycles. The van der Waals surface area contributed by atoms with Crippen molar-refractivity contribution < 1.29 is 14.2 Å². The minimum absolute atomic E-state index is 0.288. The van der Waals surface area contributed by atoms with Gasteiger partial charge in [0.15, 0.2) is 6.10 Å². The van der Waals surface area contributed by atoms with E-state index in [1.807, 2.05) is 0 Å². The lowest BCUT2D eigenvalue weighted by atomic mass is 9.78. The molecular formula is C15H21NO3. The Morgan fingerprint density at radius 1 is 1.26 bits per heavy atom. The molecule has 0 radical (unpaired) electrons. The molecule has 0 aromatic carbocycles. The van der Waals surface area contributed by atoms with E-state index in [9.17, 15) is 5.26 Å². The fraction of sp³-hybridized carbons (Fsp3) is 0.800. The van der Waals surface area contributed by atoms with Gasteiger partial charge in [0.1, 0.15) is 0 Å². The molecule has 0 spiro atoms. The fourth-order valence-electron chi connectivity index (χ4n) is 2.82. The monoisotopic (exact) mass is 263 g/mol. The molecule has 4 nitrogen and oxygen atoms in total. The second-order valence-electron chi connectivity index (χ2n) is 5.41. The maximum absolute atomic E-state index is 9.32. The van der Waals surface area contributed by atoms with Crippen LogP contribution in [0.3, 0.4) is 0 Å². The van der Waals surface area contributed by atoms with E-state index in [0.29, 0.717) is 19.6 Å². The Bertz CT molecular complexity index is 385. The van der Waals surface area contributed by atoms with Crippen LogP contribution in [0.2, 0.25) is 0 Å². The minimum Gasteiger partial charge on any atom is -0.327 e. The summed E-state index contributed by atoms with van der Waals surface area (Å²) in [4.78, 5) is 0. The zero-order valence-corrected chi connectivity index (χ0v) is 11.5. The van der Waals surface area contributed by atoms with Crippen molar-refractivity contribution in [3.8, 4) is 18.4 Å². The molecule has 3 aliphatic rings. The summed E-state index contributed by atoms with van der Waals surface area (Å²) >= 11 is 0. The summed E-state index contributed by atoms with van der Waals surface area (Å²) in [6.45, 7) is 3.20. The number of hydrogen-bond acceptors (Lipinski definition) is 4. The van der Waals surface area contributed by atoms with Gasteiger partial charge in [0.2, 0.25) is 0 Å². The molecule has 0 N–H and O–H groups in total. The average Bonchev–Trinajstić information content (AvgIpc) is 2.45. The molecule has 0 aromatic rings. The van der Waals surface area contributed by atoms with Gasteiger partial charge < -0.3 is 14.2 Å². The van der Waals surface area contributed by atoms with Crippen molar-refractivity contribution in [3.05, 3.63) is 0 Å². The first kappa shape index (κ1) is 14.3. The summed E-state index contributed by atoms with van der Waals surface area (Å²) in [7, 11) is 0. The third kappa shape index (κ3) is 2.77. The molecule has 0 aliphatic carbocycles. The van der Waals surface area contributed by atoms with E-state index in [4.69, 9.17) is 20.6 Å². The van der Waals surface area contributed by atoms with Gasteiger partial charge in [-0.1, -0.05) is 13.3 Å². The van der Waals surface area contributed by atoms with E-state index in [0.717, 1.165) is 32.1 Å². The molecule has 1 unspecified atom stereocenters. The number of nitriles is 1. The molecule has 3 heterocycles. The highest BCUT2D eigenvalue weighted by atomic mass is 16.9. The van der Waals surface area contributed by atoms with E-state index in [2.05, 4.69) is 18.9 Å². The number of rotatable bonds is 6. The Balaban J connectivity index is 1.97. The van der Waals surface area contributed by atoms with Gasteiger partial charge in [0.25, 0.3) is 5.97 Å². The Hall–Kier alpha value is -1.07. The van der Waals surface area contributed by atoms with E-state index >= 15 is 0 Å². The second kappa shape index (κ2) is 5.92. The predicted octanol–water partition coefficient (Wildman–Crippen LogP) is 2.59. The van der Waals surface area contributed by atoms with Crippen molar-refractivity contribution in [2.24, 2.45) is 5.41 Å². The number of fused-ring (bicyclic) bond motifs is 3. The van der Waals surface area contributed by atoms with Crippen molar-refractivity contribution in [2.45, 2.75) is 57.5 Å². The molecule has 19 heavy (non-hydrogen) atoms. The standard InChI is InChI=1S/C15H21NO3/c1-3-5-6-7-9-15-17-11-14(8-4-2,12-18-15)13(10-16)19-15/h1,13H,4-9,11-12H2,2H3. The molecule has 3 fully saturated rings. The van der Waals surface area contributed by atoms with Crippen molar-refractivity contribution in [3.63, 3.8) is 0 Å². The van der Waals surface area contributed by atoms with Gasteiger partial charge in [0, 0.05) is 12.8 Å². The van der Waals surface area contributed by atoms with Gasteiger partial charge in [-0.3, -0.25) is 0 Å². The topological polar surface area (TPSA) is 51.5 Å². The lowest BCUT2D eigenvalue weighted by Crippen LogP contribution is -2.64. The zero-order valence-electron chi connectivity index (χ0n) is 11.5. The number of ether oxygens (including phenoxy) is 3. The summed E-state index contributed by atoms with van der Waals surface area (Å²) in [6.07, 6.45) is 9.86. The van der Waals surface area contributed by atoms with Crippen LogP contribution in [0, 0.1) is 29.1 Å². The van der Waals surface area contributed by atoms with E-state index in [1.165, 1.54) is 0 Å². The van der Waals surface area contributed by atoms with Crippen LogP contribution in [-0.4, -0.2) is 25.3 Å². The largest absolute Gasteiger partial charge is 0.327 e. The summed E-state index contributed by atoms with van der Waals surface area (Å²) in [6, 6.07) is 2.27. The van der Waals surface area contributed by atoms with Crippen LogP contribution in [0.5, 0.6) is 0 Å². The first-order chi connectivity index (χ1) is 9.20. The first-order valence-corrected chi connectivity index (χ1v) is 6.99. The Labute approximate surface area is 115 Å². The van der Waals surface area contributed by atoms with E-state index in [-0.39, 0.29) is 5.41 Å². The van der Waals surface area contributed by atoms with E-state index in [1.54, 1.807) is 0 Å². The van der Waals surface area contributed by atoms with Gasteiger partial charge in [-0.25, -0.2) is 0 Å². The van der Waals surface area contributed by atoms with Crippen LogP contribution in [0.1, 0.15) is 45.4 Å². The molecule has 1 atom stereocenters. The molecule has 3 saturated heterocycles. The van der Waals surface area contributed by atoms with Gasteiger partial charge in [0.05, 0.1) is 24.7 Å². The highest BCUT2D eigenvalue weighted by Gasteiger charge is 2.57. The van der Waals surface area contributed by atoms with Gasteiger partial charge in [-0.2, -0.15) is 5.26 Å². The number of hydrogen-bond donors (Lipinski definition) is 0. The molecule has 0 saturated carbocycles. The van der Waals surface area contributed by atoms with Crippen LogP contribution in [-0.2, 0) is 14.2 Å². The highest BCUT2D eigenvalue weighted by molar-refractivity contribution is 5.05. The van der Waals surface area contributed by atoms with Crippen molar-refractivity contribution in [1.29, 1.82) is 5.26 Å². The van der Waals surface area contributed by atoms with Crippen LogP contribution in [0.4, 0.5) is 0 Å². The fourth-order valence-corrected chi connectivity index (χ4v) is 2.82. The Morgan fingerprint density at radius 3 is 2.58 bits per heavy atom. The molecular weight excluding hydrogens is 242 g/mol. The quantitative estimate of drug-likeness (QED) is 0.546. The SMILES string of the molecule is C#CCCCCC12OCC(CCC)(CO1)C(C#N)O2. The lowest BCUT2D eigenvalue weighted by molar-refractivity contribution is -0.483. The smallest absolute Gasteiger partial charge is 0.284 e. The maximum atomic E-state index is 9.32. The molecule has 0 amide bonds. The molecule has 2 bridgehead atoms. The summed E-state index contributed by atoms with van der Waals surface area (Å²) in [5.74, 6) is 1.60. The van der Waals surface area contributed by atoms with Gasteiger partial charge in [-0.05, 0) is 19.3 Å². The average molecular weight is 263 g/mol. The van der Waals surface area contributed by atoms with Crippen molar-refractivity contribution in [2.75, 3.05) is 13.2 Å². The van der Waals surface area contributed by atoms with Gasteiger partial charge >= 0.3 is 0 Å². The number of terminal acetylenes is 1. The van der Waals surface area contributed by atoms with Crippen LogP contribution < -0.4 is 0 Å². The molecule has 4 heteroatoms.